The van der Waals surface area contributed by atoms with E-state index < -0.39 is 5.97 Å². The second kappa shape index (κ2) is 7.91. The number of carbonyl (C=O) groups excluding carboxylic acids is 2. The molecule has 0 spiro atoms. The molecule has 2 aromatic carbocycles. The van der Waals surface area contributed by atoms with E-state index in [0.29, 0.717) is 37.4 Å². The number of hydrogen-bond acceptors (Lipinski definition) is 4. The van der Waals surface area contributed by atoms with Crippen molar-refractivity contribution in [1.29, 1.82) is 0 Å². The number of amides is 1. The summed E-state index contributed by atoms with van der Waals surface area (Å²) < 4.78 is 6.84. The molecule has 1 aliphatic heterocycles. The maximum atomic E-state index is 13.1. The van der Waals surface area contributed by atoms with Crippen molar-refractivity contribution in [2.24, 2.45) is 7.05 Å². The maximum Gasteiger partial charge on any atom is 0.359 e. The summed E-state index contributed by atoms with van der Waals surface area (Å²) in [5, 5.41) is 4.33. The molecule has 0 unspecified atom stereocenters. The lowest BCUT2D eigenvalue weighted by atomic mass is 10.0. The van der Waals surface area contributed by atoms with E-state index in [1.54, 1.807) is 16.5 Å². The molecule has 6 nitrogen and oxygen atoms in total. The number of nitrogens with zero attached hydrogens (tertiary/aromatic N) is 3. The van der Waals surface area contributed by atoms with Crippen LogP contribution in [0.2, 0.25) is 0 Å². The molecule has 0 radical (unpaired) electrons. The van der Waals surface area contributed by atoms with Gasteiger partial charge >= 0.3 is 5.97 Å². The first-order chi connectivity index (χ1) is 14.1. The first-order valence-corrected chi connectivity index (χ1v) is 9.75. The van der Waals surface area contributed by atoms with Gasteiger partial charge in [0, 0.05) is 36.8 Å². The third-order valence-electron chi connectivity index (χ3n) is 5.24. The Kier molecular flexibility index (Phi) is 5.16. The van der Waals surface area contributed by atoms with Gasteiger partial charge in [0.1, 0.15) is 0 Å². The van der Waals surface area contributed by atoms with Gasteiger partial charge in [0.2, 0.25) is 0 Å². The normalized spacial score (nSPS) is 13.1. The molecule has 148 valence electrons. The van der Waals surface area contributed by atoms with Crippen LogP contribution in [0.25, 0.3) is 11.1 Å². The summed E-state index contributed by atoms with van der Waals surface area (Å²) in [5.41, 5.74) is 4.89. The average Bonchev–Trinajstić information content (AvgIpc) is 3.10. The Labute approximate surface area is 169 Å². The summed E-state index contributed by atoms with van der Waals surface area (Å²) in [6.45, 7) is 3.01. The molecule has 2 heterocycles. The topological polar surface area (TPSA) is 64.4 Å². The second-order valence-corrected chi connectivity index (χ2v) is 7.04. The van der Waals surface area contributed by atoms with Crippen molar-refractivity contribution >= 4 is 11.9 Å². The SMILES string of the molecule is CCOC(=O)c1nn(C)c2c1CN(C(=O)c1ccc(-c3ccccc3)cc1)CC2. The van der Waals surface area contributed by atoms with E-state index in [9.17, 15) is 9.59 Å². The zero-order chi connectivity index (χ0) is 20.4. The summed E-state index contributed by atoms with van der Waals surface area (Å²) in [4.78, 5) is 27.1. The molecule has 29 heavy (non-hydrogen) atoms. The molecule has 4 rings (SSSR count). The van der Waals surface area contributed by atoms with Gasteiger partial charge in [-0.1, -0.05) is 42.5 Å². The minimum absolute atomic E-state index is 0.0473. The Morgan fingerprint density at radius 3 is 2.41 bits per heavy atom. The van der Waals surface area contributed by atoms with E-state index >= 15 is 0 Å². The van der Waals surface area contributed by atoms with Crippen LogP contribution >= 0.6 is 0 Å². The molecule has 0 N–H and O–H groups in total. The zero-order valence-electron chi connectivity index (χ0n) is 16.6. The van der Waals surface area contributed by atoms with E-state index in [0.717, 1.165) is 22.4 Å². The van der Waals surface area contributed by atoms with E-state index in [-0.39, 0.29) is 5.91 Å². The van der Waals surface area contributed by atoms with Crippen molar-refractivity contribution in [2.45, 2.75) is 19.9 Å². The van der Waals surface area contributed by atoms with Gasteiger partial charge in [-0.05, 0) is 30.2 Å². The minimum Gasteiger partial charge on any atom is -0.461 e. The van der Waals surface area contributed by atoms with Crippen molar-refractivity contribution in [3.63, 3.8) is 0 Å². The lowest BCUT2D eigenvalue weighted by molar-refractivity contribution is 0.0513. The molecule has 1 amide bonds. The highest BCUT2D eigenvalue weighted by atomic mass is 16.5. The highest BCUT2D eigenvalue weighted by Crippen LogP contribution is 2.25. The summed E-state index contributed by atoms with van der Waals surface area (Å²) in [5.74, 6) is -0.486. The Morgan fingerprint density at radius 1 is 1.03 bits per heavy atom. The van der Waals surface area contributed by atoms with Crippen molar-refractivity contribution in [3.05, 3.63) is 77.1 Å². The third kappa shape index (κ3) is 3.66. The predicted molar refractivity (Wildman–Crippen MR) is 109 cm³/mol. The quantitative estimate of drug-likeness (QED) is 0.641. The number of hydrogen-bond donors (Lipinski definition) is 0. The van der Waals surface area contributed by atoms with Gasteiger partial charge in [-0.15, -0.1) is 0 Å². The van der Waals surface area contributed by atoms with Crippen LogP contribution in [0.5, 0.6) is 0 Å². The Balaban J connectivity index is 1.55. The molecular formula is C23H23N3O3. The minimum atomic E-state index is -0.439. The molecule has 3 aromatic rings. The maximum absolute atomic E-state index is 13.1. The molecule has 0 aliphatic carbocycles. The van der Waals surface area contributed by atoms with Crippen LogP contribution in [-0.2, 0) is 24.8 Å². The van der Waals surface area contributed by atoms with Gasteiger partial charge in [-0.2, -0.15) is 5.10 Å². The molecule has 0 fully saturated rings. The smallest absolute Gasteiger partial charge is 0.359 e. The first kappa shape index (κ1) is 18.9. The molecule has 1 aliphatic rings. The fourth-order valence-electron chi connectivity index (χ4n) is 3.75. The number of ether oxygens (including phenoxy) is 1. The van der Waals surface area contributed by atoms with Gasteiger partial charge < -0.3 is 9.64 Å². The number of aryl methyl sites for hydroxylation is 1. The number of aromatic nitrogens is 2. The zero-order valence-corrected chi connectivity index (χ0v) is 16.6. The highest BCUT2D eigenvalue weighted by Gasteiger charge is 2.30. The van der Waals surface area contributed by atoms with Crippen LogP contribution in [0.4, 0.5) is 0 Å². The number of rotatable bonds is 4. The van der Waals surface area contributed by atoms with Crippen LogP contribution in [0.3, 0.4) is 0 Å². The Bertz CT molecular complexity index is 1040. The number of benzene rings is 2. The molecule has 0 atom stereocenters. The van der Waals surface area contributed by atoms with Gasteiger partial charge in [0.05, 0.1) is 13.2 Å². The Hall–Kier alpha value is -3.41. The Morgan fingerprint density at radius 2 is 1.72 bits per heavy atom. The molecule has 0 saturated heterocycles. The van der Waals surface area contributed by atoms with E-state index in [1.807, 2.05) is 61.6 Å². The van der Waals surface area contributed by atoms with Crippen molar-refractivity contribution in [1.82, 2.24) is 14.7 Å². The van der Waals surface area contributed by atoms with Gasteiger partial charge in [-0.3, -0.25) is 9.48 Å². The molecule has 1 aromatic heterocycles. The van der Waals surface area contributed by atoms with Crippen LogP contribution in [0, 0.1) is 0 Å². The van der Waals surface area contributed by atoms with E-state index in [1.165, 1.54) is 0 Å². The fraction of sp³-hybridized carbons (Fsp3) is 0.261. The summed E-state index contributed by atoms with van der Waals surface area (Å²) in [6.07, 6.45) is 0.659. The average molecular weight is 389 g/mol. The summed E-state index contributed by atoms with van der Waals surface area (Å²) >= 11 is 0. The molecule has 0 bridgehead atoms. The third-order valence-corrected chi connectivity index (χ3v) is 5.24. The number of fused-ring (bicyclic) bond motifs is 1. The number of carbonyl (C=O) groups is 2. The van der Waals surface area contributed by atoms with Crippen molar-refractivity contribution in [3.8, 4) is 11.1 Å². The monoisotopic (exact) mass is 389 g/mol. The van der Waals surface area contributed by atoms with E-state index in [2.05, 4.69) is 5.10 Å². The van der Waals surface area contributed by atoms with Gasteiger partial charge in [0.25, 0.3) is 5.91 Å². The standard InChI is InChI=1S/C23H23N3O3/c1-3-29-23(28)21-19-15-26(14-13-20(19)25(2)24-21)22(27)18-11-9-17(10-12-18)16-7-5-4-6-8-16/h4-12H,3,13-15H2,1-2H3. The summed E-state index contributed by atoms with van der Waals surface area (Å²) in [7, 11) is 1.82. The molecule has 6 heteroatoms. The van der Waals surface area contributed by atoms with Crippen molar-refractivity contribution in [2.75, 3.05) is 13.2 Å². The van der Waals surface area contributed by atoms with Crippen LogP contribution in [-0.4, -0.2) is 39.7 Å². The molecular weight excluding hydrogens is 366 g/mol. The van der Waals surface area contributed by atoms with Crippen LogP contribution in [0.15, 0.2) is 54.6 Å². The lowest BCUT2D eigenvalue weighted by Gasteiger charge is -2.27. The lowest BCUT2D eigenvalue weighted by Crippen LogP contribution is -2.36. The largest absolute Gasteiger partial charge is 0.461 e. The second-order valence-electron chi connectivity index (χ2n) is 7.04. The van der Waals surface area contributed by atoms with Gasteiger partial charge in [-0.25, -0.2) is 4.79 Å². The molecule has 0 saturated carbocycles. The van der Waals surface area contributed by atoms with Crippen LogP contribution in [0.1, 0.15) is 39.0 Å². The van der Waals surface area contributed by atoms with Crippen molar-refractivity contribution < 1.29 is 14.3 Å². The predicted octanol–water partition coefficient (Wildman–Crippen LogP) is 3.46. The van der Waals surface area contributed by atoms with Gasteiger partial charge in [0.15, 0.2) is 5.69 Å². The number of esters is 1. The highest BCUT2D eigenvalue weighted by molar-refractivity contribution is 5.95. The van der Waals surface area contributed by atoms with Crippen LogP contribution < -0.4 is 0 Å². The van der Waals surface area contributed by atoms with E-state index in [4.69, 9.17) is 4.74 Å². The first-order valence-electron chi connectivity index (χ1n) is 9.75. The summed E-state index contributed by atoms with van der Waals surface area (Å²) in [6, 6.07) is 17.7. The fourth-order valence-corrected chi connectivity index (χ4v) is 3.75.